The van der Waals surface area contributed by atoms with Gasteiger partial charge in [0.2, 0.25) is 0 Å². The van der Waals surface area contributed by atoms with Crippen molar-refractivity contribution >= 4 is 0 Å². The summed E-state index contributed by atoms with van der Waals surface area (Å²) in [5.74, 6) is 2.73. The summed E-state index contributed by atoms with van der Waals surface area (Å²) in [7, 11) is 3.25. The molecule has 2 aromatic rings. The second kappa shape index (κ2) is 6.50. The number of rotatable bonds is 5. The molecule has 0 aliphatic rings. The largest absolute Gasteiger partial charge is 0.496 e. The summed E-state index contributed by atoms with van der Waals surface area (Å²) in [6, 6.07) is 11.2. The van der Waals surface area contributed by atoms with Crippen molar-refractivity contribution in [2.24, 2.45) is 5.73 Å². The third-order valence-corrected chi connectivity index (χ3v) is 3.24. The van der Waals surface area contributed by atoms with Gasteiger partial charge in [0.25, 0.3) is 0 Å². The first-order valence-corrected chi connectivity index (χ1v) is 6.81. The normalized spacial score (nSPS) is 11.9. The zero-order chi connectivity index (χ0) is 15.4. The van der Waals surface area contributed by atoms with Gasteiger partial charge in [-0.15, -0.1) is 0 Å². The molecule has 0 aliphatic carbocycles. The maximum atomic E-state index is 6.05. The van der Waals surface area contributed by atoms with Crippen molar-refractivity contribution in [3.63, 3.8) is 0 Å². The number of nitrogens with two attached hydrogens (primary N) is 1. The minimum atomic E-state index is -0.201. The predicted molar refractivity (Wildman–Crippen MR) is 83.4 cm³/mol. The molecule has 0 amide bonds. The van der Waals surface area contributed by atoms with Crippen molar-refractivity contribution in [3.8, 4) is 23.0 Å². The lowest BCUT2D eigenvalue weighted by Gasteiger charge is -2.18. The van der Waals surface area contributed by atoms with Gasteiger partial charge in [0.1, 0.15) is 11.5 Å². The van der Waals surface area contributed by atoms with Crippen LogP contribution < -0.4 is 19.9 Å². The van der Waals surface area contributed by atoms with E-state index in [2.05, 4.69) is 0 Å². The Balaban J connectivity index is 2.44. The van der Waals surface area contributed by atoms with E-state index in [1.165, 1.54) is 0 Å². The number of ether oxygens (including phenoxy) is 3. The van der Waals surface area contributed by atoms with Crippen molar-refractivity contribution in [1.82, 2.24) is 0 Å². The average Bonchev–Trinajstić information content (AvgIpc) is 2.48. The molecular formula is C17H21NO3. The Labute approximate surface area is 125 Å². The second-order valence-corrected chi connectivity index (χ2v) is 4.92. The van der Waals surface area contributed by atoms with Crippen molar-refractivity contribution in [2.75, 3.05) is 14.2 Å². The molecular weight excluding hydrogens is 266 g/mol. The summed E-state index contributed by atoms with van der Waals surface area (Å²) in [5.41, 5.74) is 7.99. The van der Waals surface area contributed by atoms with E-state index in [4.69, 9.17) is 19.9 Å². The third kappa shape index (κ3) is 3.28. The van der Waals surface area contributed by atoms with E-state index >= 15 is 0 Å². The SMILES string of the molecule is COc1cc(C)ccc1Oc1cccc(OC)c1C(C)N. The minimum absolute atomic E-state index is 0.201. The summed E-state index contributed by atoms with van der Waals surface area (Å²) in [4.78, 5) is 0. The third-order valence-electron chi connectivity index (χ3n) is 3.24. The summed E-state index contributed by atoms with van der Waals surface area (Å²) in [6.45, 7) is 3.91. The van der Waals surface area contributed by atoms with Gasteiger partial charge in [0.15, 0.2) is 11.5 Å². The second-order valence-electron chi connectivity index (χ2n) is 4.92. The number of aryl methyl sites for hydroxylation is 1. The lowest BCUT2D eigenvalue weighted by molar-refractivity contribution is 0.371. The molecule has 2 aromatic carbocycles. The molecule has 0 aliphatic heterocycles. The van der Waals surface area contributed by atoms with Crippen molar-refractivity contribution in [1.29, 1.82) is 0 Å². The zero-order valence-electron chi connectivity index (χ0n) is 12.8. The van der Waals surface area contributed by atoms with Gasteiger partial charge in [0.05, 0.1) is 19.8 Å². The molecule has 0 spiro atoms. The molecule has 0 saturated carbocycles. The van der Waals surface area contributed by atoms with E-state index in [0.29, 0.717) is 23.0 Å². The highest BCUT2D eigenvalue weighted by Crippen LogP contribution is 2.38. The molecule has 112 valence electrons. The van der Waals surface area contributed by atoms with Gasteiger partial charge in [-0.1, -0.05) is 12.1 Å². The summed E-state index contributed by atoms with van der Waals surface area (Å²) >= 11 is 0. The average molecular weight is 287 g/mol. The highest BCUT2D eigenvalue weighted by Gasteiger charge is 2.16. The standard InChI is InChI=1S/C17H21NO3/c1-11-8-9-13(16(10-11)20-4)21-15-7-5-6-14(19-3)17(15)12(2)18/h5-10,12H,18H2,1-4H3. The summed E-state index contributed by atoms with van der Waals surface area (Å²) < 4.78 is 16.7. The van der Waals surface area contributed by atoms with Crippen LogP contribution in [0.2, 0.25) is 0 Å². The van der Waals surface area contributed by atoms with Gasteiger partial charge >= 0.3 is 0 Å². The van der Waals surface area contributed by atoms with Crippen LogP contribution in [-0.2, 0) is 0 Å². The molecule has 0 heterocycles. The highest BCUT2D eigenvalue weighted by atomic mass is 16.5. The Bertz CT molecular complexity index is 623. The van der Waals surface area contributed by atoms with Crippen LogP contribution in [-0.4, -0.2) is 14.2 Å². The molecule has 1 atom stereocenters. The number of benzene rings is 2. The van der Waals surface area contributed by atoms with Crippen LogP contribution in [0, 0.1) is 6.92 Å². The van der Waals surface area contributed by atoms with E-state index in [1.54, 1.807) is 14.2 Å². The molecule has 2 rings (SSSR count). The van der Waals surface area contributed by atoms with Gasteiger partial charge < -0.3 is 19.9 Å². The molecule has 0 bridgehead atoms. The molecule has 0 radical (unpaired) electrons. The van der Waals surface area contributed by atoms with E-state index < -0.39 is 0 Å². The first kappa shape index (κ1) is 15.2. The van der Waals surface area contributed by atoms with Crippen LogP contribution in [0.25, 0.3) is 0 Å². The Kier molecular flexibility index (Phi) is 4.70. The minimum Gasteiger partial charge on any atom is -0.496 e. The first-order valence-electron chi connectivity index (χ1n) is 6.81. The predicted octanol–water partition coefficient (Wildman–Crippen LogP) is 3.82. The fourth-order valence-corrected chi connectivity index (χ4v) is 2.22. The monoisotopic (exact) mass is 287 g/mol. The van der Waals surface area contributed by atoms with Crippen LogP contribution in [0.1, 0.15) is 24.1 Å². The van der Waals surface area contributed by atoms with Crippen LogP contribution in [0.3, 0.4) is 0 Å². The van der Waals surface area contributed by atoms with Crippen LogP contribution >= 0.6 is 0 Å². The van der Waals surface area contributed by atoms with E-state index in [9.17, 15) is 0 Å². The molecule has 4 heteroatoms. The quantitative estimate of drug-likeness (QED) is 0.908. The molecule has 21 heavy (non-hydrogen) atoms. The fourth-order valence-electron chi connectivity index (χ4n) is 2.22. The zero-order valence-corrected chi connectivity index (χ0v) is 12.8. The van der Waals surface area contributed by atoms with Gasteiger partial charge in [0, 0.05) is 6.04 Å². The Morgan fingerprint density at radius 1 is 0.905 bits per heavy atom. The number of hydrogen-bond acceptors (Lipinski definition) is 4. The fraction of sp³-hybridized carbons (Fsp3) is 0.294. The number of hydrogen-bond donors (Lipinski definition) is 1. The maximum absolute atomic E-state index is 6.05. The summed E-state index contributed by atoms with van der Waals surface area (Å²) in [5, 5.41) is 0. The molecule has 0 aromatic heterocycles. The lowest BCUT2D eigenvalue weighted by Crippen LogP contribution is -2.08. The van der Waals surface area contributed by atoms with Crippen molar-refractivity contribution in [2.45, 2.75) is 19.9 Å². The Hall–Kier alpha value is -2.20. The Morgan fingerprint density at radius 3 is 2.19 bits per heavy atom. The van der Waals surface area contributed by atoms with E-state index in [-0.39, 0.29) is 6.04 Å². The van der Waals surface area contributed by atoms with Crippen LogP contribution in [0.15, 0.2) is 36.4 Å². The van der Waals surface area contributed by atoms with E-state index in [0.717, 1.165) is 11.1 Å². The number of methoxy groups -OCH3 is 2. The van der Waals surface area contributed by atoms with Crippen molar-refractivity contribution < 1.29 is 14.2 Å². The van der Waals surface area contributed by atoms with E-state index in [1.807, 2.05) is 50.2 Å². The molecule has 0 fully saturated rings. The van der Waals surface area contributed by atoms with Crippen molar-refractivity contribution in [3.05, 3.63) is 47.5 Å². The smallest absolute Gasteiger partial charge is 0.169 e. The maximum Gasteiger partial charge on any atom is 0.169 e. The molecule has 1 unspecified atom stereocenters. The molecule has 4 nitrogen and oxygen atoms in total. The van der Waals surface area contributed by atoms with Gasteiger partial charge in [-0.3, -0.25) is 0 Å². The molecule has 0 saturated heterocycles. The Morgan fingerprint density at radius 2 is 1.57 bits per heavy atom. The van der Waals surface area contributed by atoms with Crippen LogP contribution in [0.5, 0.6) is 23.0 Å². The molecule has 2 N–H and O–H groups in total. The topological polar surface area (TPSA) is 53.7 Å². The first-order chi connectivity index (χ1) is 10.1. The highest BCUT2D eigenvalue weighted by molar-refractivity contribution is 5.51. The van der Waals surface area contributed by atoms with Gasteiger partial charge in [-0.05, 0) is 43.7 Å². The van der Waals surface area contributed by atoms with Gasteiger partial charge in [-0.2, -0.15) is 0 Å². The lowest BCUT2D eigenvalue weighted by atomic mass is 10.1. The summed E-state index contributed by atoms with van der Waals surface area (Å²) in [6.07, 6.45) is 0. The van der Waals surface area contributed by atoms with Crippen LogP contribution in [0.4, 0.5) is 0 Å². The van der Waals surface area contributed by atoms with Gasteiger partial charge in [-0.25, -0.2) is 0 Å².